The van der Waals surface area contributed by atoms with E-state index in [9.17, 15) is 18.3 Å². The highest BCUT2D eigenvalue weighted by Gasteiger charge is 2.38. The Bertz CT molecular complexity index is 1030. The molecule has 8 nitrogen and oxygen atoms in total. The number of hydrogen-bond donors (Lipinski definition) is 1. The average molecular weight is 448 g/mol. The molecule has 0 unspecified atom stereocenters. The van der Waals surface area contributed by atoms with Crippen LogP contribution in [0.1, 0.15) is 20.8 Å². The van der Waals surface area contributed by atoms with Gasteiger partial charge in [-0.2, -0.15) is 4.31 Å². The molecule has 1 aromatic heterocycles. The number of fused-ring (bicyclic) bond motifs is 1. The van der Waals surface area contributed by atoms with Crippen molar-refractivity contribution in [1.82, 2.24) is 14.2 Å². The Kier molecular flexibility index (Phi) is 6.98. The van der Waals surface area contributed by atoms with Gasteiger partial charge < -0.3 is 14.7 Å². The van der Waals surface area contributed by atoms with E-state index >= 15 is 0 Å². The topological polar surface area (TPSA) is 100 Å². The Morgan fingerprint density at radius 1 is 1.35 bits per heavy atom. The lowest BCUT2D eigenvalue weighted by molar-refractivity contribution is -0.129. The van der Waals surface area contributed by atoms with Crippen molar-refractivity contribution < 1.29 is 23.1 Å². The molecule has 2 aromatic rings. The van der Waals surface area contributed by atoms with Gasteiger partial charge in [-0.3, -0.25) is 9.78 Å². The van der Waals surface area contributed by atoms with E-state index in [2.05, 4.69) is 4.98 Å². The Morgan fingerprint density at radius 3 is 2.71 bits per heavy atom. The number of aliphatic hydroxyl groups is 1. The Hall–Kier alpha value is -2.49. The highest BCUT2D eigenvalue weighted by molar-refractivity contribution is 7.89. The summed E-state index contributed by atoms with van der Waals surface area (Å²) in [5.74, 6) is -0.0961. The summed E-state index contributed by atoms with van der Waals surface area (Å²) >= 11 is 0. The van der Waals surface area contributed by atoms with Gasteiger partial charge in [-0.15, -0.1) is 0 Å². The van der Waals surface area contributed by atoms with Crippen molar-refractivity contribution in [2.75, 3.05) is 26.7 Å². The second kappa shape index (κ2) is 9.33. The van der Waals surface area contributed by atoms with E-state index in [0.717, 1.165) is 11.1 Å². The number of pyridine rings is 1. The number of rotatable bonds is 5. The zero-order valence-electron chi connectivity index (χ0n) is 18.2. The lowest BCUT2D eigenvalue weighted by atomic mass is 10.0. The third-order valence-corrected chi connectivity index (χ3v) is 7.67. The first-order valence-electron chi connectivity index (χ1n) is 10.2. The Labute approximate surface area is 183 Å². The first-order valence-corrected chi connectivity index (χ1v) is 11.6. The van der Waals surface area contributed by atoms with Crippen LogP contribution in [0.5, 0.6) is 5.75 Å². The number of hydrogen-bond acceptors (Lipinski definition) is 6. The maximum atomic E-state index is 13.5. The number of likely N-dealkylation sites (N-methyl/N-ethyl adjacent to an activating group) is 1. The molecule has 2 heterocycles. The van der Waals surface area contributed by atoms with Crippen LogP contribution in [0.4, 0.5) is 0 Å². The Balaban J connectivity index is 2.13. The molecule has 1 amide bonds. The van der Waals surface area contributed by atoms with Crippen LogP contribution in [0, 0.1) is 5.92 Å². The minimum absolute atomic E-state index is 0.0443. The lowest BCUT2D eigenvalue weighted by Gasteiger charge is -2.37. The molecule has 0 radical (unpaired) electrons. The third kappa shape index (κ3) is 4.89. The molecule has 0 saturated heterocycles. The predicted octanol–water partition coefficient (Wildman–Crippen LogP) is 2.00. The number of benzene rings is 1. The summed E-state index contributed by atoms with van der Waals surface area (Å²) in [4.78, 5) is 17.5. The molecule has 0 aliphatic carbocycles. The van der Waals surface area contributed by atoms with Crippen LogP contribution < -0.4 is 4.74 Å². The minimum Gasteiger partial charge on any atom is -0.487 e. The monoisotopic (exact) mass is 447 g/mol. The molecule has 9 heteroatoms. The van der Waals surface area contributed by atoms with Gasteiger partial charge in [0.25, 0.3) is 0 Å². The summed E-state index contributed by atoms with van der Waals surface area (Å²) in [7, 11) is -2.21. The number of aliphatic hydroxyl groups excluding tert-OH is 1. The molecule has 3 rings (SSSR count). The fourth-order valence-corrected chi connectivity index (χ4v) is 5.38. The molecule has 0 bridgehead atoms. The van der Waals surface area contributed by atoms with Crippen LogP contribution in [-0.2, 0) is 14.8 Å². The Morgan fingerprint density at radius 2 is 2.10 bits per heavy atom. The summed E-state index contributed by atoms with van der Waals surface area (Å²) in [6, 6.07) is 8.05. The van der Waals surface area contributed by atoms with Crippen LogP contribution in [0.2, 0.25) is 0 Å². The molecule has 168 valence electrons. The third-order valence-electron chi connectivity index (χ3n) is 5.65. The van der Waals surface area contributed by atoms with Gasteiger partial charge in [0.1, 0.15) is 16.7 Å². The van der Waals surface area contributed by atoms with Gasteiger partial charge in [-0.05, 0) is 30.7 Å². The first-order chi connectivity index (χ1) is 14.6. The van der Waals surface area contributed by atoms with Crippen molar-refractivity contribution >= 4 is 15.9 Å². The van der Waals surface area contributed by atoms with Crippen LogP contribution in [0.25, 0.3) is 11.1 Å². The van der Waals surface area contributed by atoms with Crippen LogP contribution >= 0.6 is 0 Å². The minimum atomic E-state index is -3.90. The van der Waals surface area contributed by atoms with Crippen LogP contribution in [0.3, 0.4) is 0 Å². The number of sulfonamides is 1. The normalized spacial score (nSPS) is 21.8. The van der Waals surface area contributed by atoms with Crippen molar-refractivity contribution in [2.24, 2.45) is 5.92 Å². The lowest BCUT2D eigenvalue weighted by Crippen LogP contribution is -2.50. The number of amides is 1. The fraction of sp³-hybridized carbons (Fsp3) is 0.455. The van der Waals surface area contributed by atoms with Crippen molar-refractivity contribution in [2.45, 2.75) is 37.8 Å². The molecule has 3 atom stereocenters. The standard InChI is InChI=1S/C22H29N3O5S/c1-15-12-25(16(2)14-26)31(28,29)22-8-7-18(19-6-5-9-23-11-19)10-20(22)30-21(15)13-24(4)17(3)27/h5-11,15-16,21,26H,12-14H2,1-4H3/t15-,16+,21+/m0/s1. The zero-order chi connectivity index (χ0) is 22.8. The van der Waals surface area contributed by atoms with E-state index in [1.165, 1.54) is 17.3 Å². The van der Waals surface area contributed by atoms with Gasteiger partial charge in [0.2, 0.25) is 15.9 Å². The van der Waals surface area contributed by atoms with Crippen molar-refractivity contribution in [1.29, 1.82) is 0 Å². The summed E-state index contributed by atoms with van der Waals surface area (Å²) in [5, 5.41) is 9.70. The van der Waals surface area contributed by atoms with E-state index in [4.69, 9.17) is 4.74 Å². The second-order valence-electron chi connectivity index (χ2n) is 8.04. The summed E-state index contributed by atoms with van der Waals surface area (Å²) in [5.41, 5.74) is 1.61. The van der Waals surface area contributed by atoms with Gasteiger partial charge in [0.15, 0.2) is 0 Å². The largest absolute Gasteiger partial charge is 0.487 e. The molecule has 1 aliphatic rings. The van der Waals surface area contributed by atoms with Crippen LogP contribution in [-0.4, -0.2) is 72.5 Å². The first kappa shape index (κ1) is 23.2. The quantitative estimate of drug-likeness (QED) is 0.753. The molecule has 0 spiro atoms. The van der Waals surface area contributed by atoms with E-state index in [0.29, 0.717) is 6.54 Å². The maximum absolute atomic E-state index is 13.5. The number of carbonyl (C=O) groups excluding carboxylic acids is 1. The molecular weight excluding hydrogens is 418 g/mol. The highest BCUT2D eigenvalue weighted by atomic mass is 32.2. The second-order valence-corrected chi connectivity index (χ2v) is 9.90. The molecule has 1 aromatic carbocycles. The smallest absolute Gasteiger partial charge is 0.247 e. The average Bonchev–Trinajstić information content (AvgIpc) is 2.75. The molecule has 31 heavy (non-hydrogen) atoms. The number of aromatic nitrogens is 1. The highest BCUT2D eigenvalue weighted by Crippen LogP contribution is 2.36. The van der Waals surface area contributed by atoms with Crippen LogP contribution in [0.15, 0.2) is 47.6 Å². The van der Waals surface area contributed by atoms with Gasteiger partial charge >= 0.3 is 0 Å². The van der Waals surface area contributed by atoms with E-state index in [1.54, 1.807) is 49.5 Å². The van der Waals surface area contributed by atoms with Gasteiger partial charge in [0.05, 0.1) is 13.2 Å². The molecule has 0 saturated carbocycles. The molecule has 1 N–H and O–H groups in total. The fourth-order valence-electron chi connectivity index (χ4n) is 3.56. The number of nitrogens with zero attached hydrogens (tertiary/aromatic N) is 3. The van der Waals surface area contributed by atoms with Crippen molar-refractivity contribution in [3.05, 3.63) is 42.7 Å². The summed E-state index contributed by atoms with van der Waals surface area (Å²) in [6.45, 7) is 5.23. The molecule has 0 fully saturated rings. The predicted molar refractivity (Wildman–Crippen MR) is 117 cm³/mol. The summed E-state index contributed by atoms with van der Waals surface area (Å²) < 4.78 is 34.5. The van der Waals surface area contributed by atoms with Crippen molar-refractivity contribution in [3.63, 3.8) is 0 Å². The van der Waals surface area contributed by atoms with Gasteiger partial charge in [-0.25, -0.2) is 8.42 Å². The number of ether oxygens (including phenoxy) is 1. The molecule has 1 aliphatic heterocycles. The van der Waals surface area contributed by atoms with E-state index in [-0.39, 0.29) is 35.6 Å². The van der Waals surface area contributed by atoms with Gasteiger partial charge in [0, 0.05) is 50.4 Å². The SMILES string of the molecule is CC(=O)N(C)C[C@H]1Oc2cc(-c3cccnc3)ccc2S(=O)(=O)N([C@H](C)CO)C[C@@H]1C. The number of carbonyl (C=O) groups is 1. The van der Waals surface area contributed by atoms with Gasteiger partial charge in [-0.1, -0.05) is 19.1 Å². The van der Waals surface area contributed by atoms with Crippen molar-refractivity contribution in [3.8, 4) is 16.9 Å². The zero-order valence-corrected chi connectivity index (χ0v) is 19.0. The van der Waals surface area contributed by atoms with E-state index in [1.807, 2.05) is 13.0 Å². The maximum Gasteiger partial charge on any atom is 0.247 e. The molecular formula is C22H29N3O5S. The summed E-state index contributed by atoms with van der Waals surface area (Å²) in [6.07, 6.45) is 2.94. The van der Waals surface area contributed by atoms with E-state index < -0.39 is 22.2 Å².